The van der Waals surface area contributed by atoms with Gasteiger partial charge >= 0.3 is 0 Å². The first kappa shape index (κ1) is 27.7. The van der Waals surface area contributed by atoms with E-state index in [-0.39, 0.29) is 11.5 Å². The number of rotatable bonds is 9. The zero-order valence-electron chi connectivity index (χ0n) is 22.3. The van der Waals surface area contributed by atoms with Gasteiger partial charge in [0.05, 0.1) is 17.5 Å². The molecule has 3 heterocycles. The molecule has 0 saturated carbocycles. The molecule has 4 aromatic rings. The van der Waals surface area contributed by atoms with Crippen molar-refractivity contribution < 1.29 is 13.2 Å². The van der Waals surface area contributed by atoms with Crippen LogP contribution >= 0.6 is 0 Å². The van der Waals surface area contributed by atoms with Crippen molar-refractivity contribution in [3.8, 4) is 22.4 Å². The summed E-state index contributed by atoms with van der Waals surface area (Å²) in [6.07, 6.45) is 5.74. The molecule has 2 aromatic carbocycles. The third-order valence-corrected chi connectivity index (χ3v) is 8.36. The average Bonchev–Trinajstić information content (AvgIpc) is 3.37. The van der Waals surface area contributed by atoms with Gasteiger partial charge in [0.2, 0.25) is 15.8 Å². The van der Waals surface area contributed by atoms with Crippen LogP contribution < -0.4 is 16.6 Å². The number of carbonyl (C=O) groups excluding carboxylic acids is 1. The van der Waals surface area contributed by atoms with Crippen molar-refractivity contribution in [2.75, 3.05) is 45.5 Å². The number of amides is 1. The summed E-state index contributed by atoms with van der Waals surface area (Å²) >= 11 is 0. The van der Waals surface area contributed by atoms with Crippen molar-refractivity contribution in [2.24, 2.45) is 5.73 Å². The number of nitrogens with zero attached hydrogens (tertiary/aromatic N) is 4. The Labute approximate surface area is 232 Å². The molecule has 2 aromatic heterocycles. The summed E-state index contributed by atoms with van der Waals surface area (Å²) in [6, 6.07) is 15.0. The molecule has 0 radical (unpaired) electrons. The normalized spacial score (nSPS) is 14.6. The highest BCUT2D eigenvalue weighted by atomic mass is 32.2. The Morgan fingerprint density at radius 1 is 1.00 bits per heavy atom. The molecule has 5 rings (SSSR count). The van der Waals surface area contributed by atoms with Crippen LogP contribution in [0.1, 0.15) is 22.3 Å². The smallest absolute Gasteiger partial charge is 0.282 e. The van der Waals surface area contributed by atoms with Gasteiger partial charge in [-0.05, 0) is 48.3 Å². The fraction of sp³-hybridized carbons (Fsp3) is 0.321. The number of sulfonamides is 1. The Balaban J connectivity index is 1.29. The van der Waals surface area contributed by atoms with Gasteiger partial charge in [0.25, 0.3) is 11.5 Å². The monoisotopic (exact) mass is 563 g/mol. The van der Waals surface area contributed by atoms with E-state index >= 15 is 0 Å². The van der Waals surface area contributed by atoms with Crippen LogP contribution in [0.3, 0.4) is 0 Å². The van der Waals surface area contributed by atoms with E-state index in [1.807, 2.05) is 42.6 Å². The summed E-state index contributed by atoms with van der Waals surface area (Å²) < 4.78 is 26.6. The lowest BCUT2D eigenvalue weighted by Crippen LogP contribution is -2.50. The number of nitrogens with two attached hydrogens (primary N) is 1. The maximum atomic E-state index is 12.9. The third kappa shape index (κ3) is 6.15. The van der Waals surface area contributed by atoms with E-state index in [1.165, 1.54) is 10.6 Å². The number of nitrogens with one attached hydrogen (secondary N) is 2. The molecule has 11 nitrogen and oxygen atoms in total. The number of hydrogen-bond donors (Lipinski definition) is 3. The van der Waals surface area contributed by atoms with Gasteiger partial charge in [0.15, 0.2) is 0 Å². The van der Waals surface area contributed by atoms with Gasteiger partial charge in [0, 0.05) is 50.7 Å². The molecule has 1 aliphatic rings. The van der Waals surface area contributed by atoms with E-state index in [0.29, 0.717) is 49.6 Å². The van der Waals surface area contributed by atoms with E-state index in [1.54, 1.807) is 27.6 Å². The van der Waals surface area contributed by atoms with Crippen molar-refractivity contribution in [2.45, 2.75) is 13.0 Å². The molecule has 40 heavy (non-hydrogen) atoms. The summed E-state index contributed by atoms with van der Waals surface area (Å²) in [5.74, 6) is 0.291. The molecule has 210 valence electrons. The molecular weight excluding hydrogens is 530 g/mol. The predicted molar refractivity (Wildman–Crippen MR) is 154 cm³/mol. The van der Waals surface area contributed by atoms with Crippen molar-refractivity contribution in [3.05, 3.63) is 82.4 Å². The molecule has 0 aliphatic carbocycles. The second-order valence-corrected chi connectivity index (χ2v) is 11.9. The van der Waals surface area contributed by atoms with Gasteiger partial charge in [-0.3, -0.25) is 14.0 Å². The Hall–Kier alpha value is -3.84. The highest BCUT2D eigenvalue weighted by Crippen LogP contribution is 2.22. The zero-order valence-corrected chi connectivity index (χ0v) is 23.2. The van der Waals surface area contributed by atoms with Crippen LogP contribution in [0.25, 0.3) is 28.2 Å². The SMILES string of the molecule is CS(=O)(=O)N1CCN(C(=O)c2ccc(-c3cn4cc(-c5ccc(CNCCCN)cc5)c(=O)nc4[nH]3)cc2)CC1. The summed E-state index contributed by atoms with van der Waals surface area (Å²) in [6.45, 7) is 3.55. The van der Waals surface area contributed by atoms with Gasteiger partial charge in [0.1, 0.15) is 0 Å². The van der Waals surface area contributed by atoms with Crippen molar-refractivity contribution in [3.63, 3.8) is 0 Å². The Kier molecular flexibility index (Phi) is 8.12. The number of aromatic nitrogens is 3. The summed E-state index contributed by atoms with van der Waals surface area (Å²) in [4.78, 5) is 34.8. The number of carbonyl (C=O) groups is 1. The molecule has 1 fully saturated rings. The summed E-state index contributed by atoms with van der Waals surface area (Å²) in [7, 11) is -3.26. The molecule has 4 N–H and O–H groups in total. The Bertz CT molecular complexity index is 1650. The van der Waals surface area contributed by atoms with Crippen LogP contribution in [0.4, 0.5) is 0 Å². The fourth-order valence-corrected chi connectivity index (χ4v) is 5.58. The fourth-order valence-electron chi connectivity index (χ4n) is 4.76. The van der Waals surface area contributed by atoms with Crippen LogP contribution in [0.5, 0.6) is 0 Å². The number of benzene rings is 2. The van der Waals surface area contributed by atoms with Crippen LogP contribution in [0.15, 0.2) is 65.7 Å². The largest absolute Gasteiger partial charge is 0.336 e. The minimum absolute atomic E-state index is 0.134. The molecule has 0 atom stereocenters. The Morgan fingerprint density at radius 2 is 1.68 bits per heavy atom. The van der Waals surface area contributed by atoms with E-state index in [0.717, 1.165) is 41.9 Å². The standard InChI is InChI=1S/C28H33N7O4S/c1-40(38,39)35-15-13-33(14-16-35)27(37)23-9-7-22(8-10-23)25-19-34-18-24(26(36)32-28(34)31-25)21-5-3-20(4-6-21)17-30-12-2-11-29/h3-10,18-19,30H,2,11-17,29H2,1H3,(H,31,32,36). The number of fused-ring (bicyclic) bond motifs is 1. The first-order valence-electron chi connectivity index (χ1n) is 13.2. The lowest BCUT2D eigenvalue weighted by molar-refractivity contribution is 0.0698. The predicted octanol–water partition coefficient (Wildman–Crippen LogP) is 1.51. The number of H-pyrrole nitrogens is 1. The molecule has 0 unspecified atom stereocenters. The van der Waals surface area contributed by atoms with Gasteiger partial charge in [-0.2, -0.15) is 9.29 Å². The molecule has 1 saturated heterocycles. The summed E-state index contributed by atoms with van der Waals surface area (Å²) in [5, 5.41) is 3.34. The molecular formula is C28H33N7O4S. The van der Waals surface area contributed by atoms with Crippen LogP contribution in [0, 0.1) is 0 Å². The second kappa shape index (κ2) is 11.7. The number of piperazine rings is 1. The van der Waals surface area contributed by atoms with Crippen LogP contribution in [-0.4, -0.2) is 83.4 Å². The van der Waals surface area contributed by atoms with Crippen molar-refractivity contribution in [1.82, 2.24) is 28.9 Å². The van der Waals surface area contributed by atoms with Gasteiger partial charge < -0.3 is 20.9 Å². The van der Waals surface area contributed by atoms with Crippen molar-refractivity contribution in [1.29, 1.82) is 0 Å². The van der Waals surface area contributed by atoms with Crippen LogP contribution in [-0.2, 0) is 16.6 Å². The zero-order chi connectivity index (χ0) is 28.3. The highest BCUT2D eigenvalue weighted by molar-refractivity contribution is 7.88. The topological polar surface area (TPSA) is 146 Å². The van der Waals surface area contributed by atoms with Gasteiger partial charge in [-0.15, -0.1) is 0 Å². The van der Waals surface area contributed by atoms with E-state index in [4.69, 9.17) is 5.73 Å². The maximum Gasteiger partial charge on any atom is 0.282 e. The lowest BCUT2D eigenvalue weighted by Gasteiger charge is -2.33. The maximum absolute atomic E-state index is 12.9. The van der Waals surface area contributed by atoms with Gasteiger partial charge in [-0.1, -0.05) is 36.4 Å². The molecule has 0 bridgehead atoms. The number of aromatic amines is 1. The lowest BCUT2D eigenvalue weighted by atomic mass is 10.1. The number of imidazole rings is 1. The minimum Gasteiger partial charge on any atom is -0.336 e. The Morgan fingerprint density at radius 3 is 2.33 bits per heavy atom. The molecule has 1 aliphatic heterocycles. The van der Waals surface area contributed by atoms with Crippen LogP contribution in [0.2, 0.25) is 0 Å². The third-order valence-electron chi connectivity index (χ3n) is 7.05. The second-order valence-electron chi connectivity index (χ2n) is 9.91. The van der Waals surface area contributed by atoms with E-state index in [2.05, 4.69) is 15.3 Å². The molecule has 12 heteroatoms. The minimum atomic E-state index is -3.26. The highest BCUT2D eigenvalue weighted by Gasteiger charge is 2.26. The summed E-state index contributed by atoms with van der Waals surface area (Å²) in [5.41, 5.74) is 9.74. The quantitative estimate of drug-likeness (QED) is 0.262. The first-order valence-corrected chi connectivity index (χ1v) is 15.0. The van der Waals surface area contributed by atoms with E-state index in [9.17, 15) is 18.0 Å². The van der Waals surface area contributed by atoms with Crippen molar-refractivity contribution >= 4 is 21.7 Å². The first-order chi connectivity index (χ1) is 19.2. The average molecular weight is 564 g/mol. The van der Waals surface area contributed by atoms with Gasteiger partial charge in [-0.25, -0.2) is 8.42 Å². The molecule has 0 spiro atoms. The number of hydrogen-bond acceptors (Lipinski definition) is 7. The van der Waals surface area contributed by atoms with E-state index < -0.39 is 10.0 Å². The molecule has 1 amide bonds.